The summed E-state index contributed by atoms with van der Waals surface area (Å²) in [4.78, 5) is 0. The summed E-state index contributed by atoms with van der Waals surface area (Å²) in [5.74, 6) is 0. The van der Waals surface area contributed by atoms with Crippen LogP contribution in [0.2, 0.25) is 0 Å². The van der Waals surface area contributed by atoms with Gasteiger partial charge in [0.05, 0.1) is 6.10 Å². The van der Waals surface area contributed by atoms with E-state index < -0.39 is 7.37 Å². The topological polar surface area (TPSA) is 26.3 Å². The van der Waals surface area contributed by atoms with Gasteiger partial charge < -0.3 is 4.52 Å². The van der Waals surface area contributed by atoms with Crippen LogP contribution in [-0.2, 0) is 9.09 Å². The van der Waals surface area contributed by atoms with E-state index in [-0.39, 0.29) is 17.4 Å². The highest BCUT2D eigenvalue weighted by atomic mass is 31.2. The molecule has 15 heavy (non-hydrogen) atoms. The highest BCUT2D eigenvalue weighted by Gasteiger charge is 2.36. The van der Waals surface area contributed by atoms with E-state index in [1.165, 1.54) is 0 Å². The normalized spacial score (nSPS) is 21.7. The molecule has 0 heterocycles. The fourth-order valence-corrected chi connectivity index (χ4v) is 4.52. The van der Waals surface area contributed by atoms with Gasteiger partial charge in [0, 0.05) is 11.3 Å². The van der Waals surface area contributed by atoms with Gasteiger partial charge in [-0.05, 0) is 26.2 Å². The minimum Gasteiger partial charge on any atom is -0.325 e. The zero-order chi connectivity index (χ0) is 12.1. The lowest BCUT2D eigenvalue weighted by Gasteiger charge is -2.31. The molecule has 3 atom stereocenters. The molecule has 0 saturated carbocycles. The number of hydrogen-bond acceptors (Lipinski definition) is 2. The second-order valence-corrected chi connectivity index (χ2v) is 7.75. The largest absolute Gasteiger partial charge is 0.325 e. The van der Waals surface area contributed by atoms with Gasteiger partial charge in [-0.25, -0.2) is 0 Å². The number of hydrogen-bond donors (Lipinski definition) is 0. The number of rotatable bonds is 7. The lowest BCUT2D eigenvalue weighted by molar-refractivity contribution is 0.211. The minimum absolute atomic E-state index is 0.110. The summed E-state index contributed by atoms with van der Waals surface area (Å²) < 4.78 is 18.7. The molecule has 0 saturated heterocycles. The fraction of sp³-hybridized carbons (Fsp3) is 1.00. The molecular weight excluding hydrogens is 207 g/mol. The SMILES string of the molecule is CCC(C)OP(=O)(C(C)CC)C(C)CC. The van der Waals surface area contributed by atoms with Gasteiger partial charge in [0.15, 0.2) is 0 Å². The Hall–Kier alpha value is 0.190. The van der Waals surface area contributed by atoms with Gasteiger partial charge in [-0.15, -0.1) is 0 Å². The van der Waals surface area contributed by atoms with Crippen LogP contribution in [-0.4, -0.2) is 17.4 Å². The molecule has 0 aromatic carbocycles. The summed E-state index contributed by atoms with van der Waals surface area (Å²) in [5, 5.41) is 0. The fourth-order valence-electron chi connectivity index (χ4n) is 1.51. The van der Waals surface area contributed by atoms with Crippen molar-refractivity contribution in [3.63, 3.8) is 0 Å². The predicted molar refractivity (Wildman–Crippen MR) is 68.0 cm³/mol. The molecule has 2 nitrogen and oxygen atoms in total. The van der Waals surface area contributed by atoms with E-state index in [1.807, 2.05) is 6.92 Å². The Labute approximate surface area is 95.2 Å². The van der Waals surface area contributed by atoms with Crippen LogP contribution in [0.5, 0.6) is 0 Å². The average molecular weight is 234 g/mol. The second kappa shape index (κ2) is 6.70. The van der Waals surface area contributed by atoms with Crippen molar-refractivity contribution < 1.29 is 9.09 Å². The van der Waals surface area contributed by atoms with Crippen LogP contribution >= 0.6 is 7.37 Å². The van der Waals surface area contributed by atoms with Crippen LogP contribution in [0, 0.1) is 0 Å². The maximum atomic E-state index is 12.8. The molecular formula is C12H27O2P. The lowest BCUT2D eigenvalue weighted by Crippen LogP contribution is -2.19. The molecule has 92 valence electrons. The zero-order valence-electron chi connectivity index (χ0n) is 11.1. The molecule has 0 rings (SSSR count). The van der Waals surface area contributed by atoms with Crippen molar-refractivity contribution in [3.8, 4) is 0 Å². The Morgan fingerprint density at radius 3 is 1.60 bits per heavy atom. The molecule has 3 unspecified atom stereocenters. The first-order valence-corrected chi connectivity index (χ1v) is 7.96. The van der Waals surface area contributed by atoms with E-state index in [9.17, 15) is 4.57 Å². The first-order chi connectivity index (χ1) is 6.92. The molecule has 0 amide bonds. The van der Waals surface area contributed by atoms with E-state index in [1.54, 1.807) is 0 Å². The molecule has 0 fully saturated rings. The van der Waals surface area contributed by atoms with Gasteiger partial charge in [0.25, 0.3) is 0 Å². The summed E-state index contributed by atoms with van der Waals surface area (Å²) >= 11 is 0. The van der Waals surface area contributed by atoms with Crippen molar-refractivity contribution in [3.05, 3.63) is 0 Å². The summed E-state index contributed by atoms with van der Waals surface area (Å²) in [6, 6.07) is 0. The molecule has 0 bridgehead atoms. The van der Waals surface area contributed by atoms with Crippen molar-refractivity contribution >= 4 is 7.37 Å². The molecule has 0 N–H and O–H groups in total. The Morgan fingerprint density at radius 2 is 1.33 bits per heavy atom. The Balaban J connectivity index is 4.78. The molecule has 0 aliphatic rings. The monoisotopic (exact) mass is 234 g/mol. The maximum Gasteiger partial charge on any atom is 0.208 e. The van der Waals surface area contributed by atoms with Crippen LogP contribution in [0.3, 0.4) is 0 Å². The molecule has 0 radical (unpaired) electrons. The molecule has 0 aliphatic carbocycles. The molecule has 0 aromatic heterocycles. The summed E-state index contributed by atoms with van der Waals surface area (Å²) in [6.07, 6.45) is 2.89. The first kappa shape index (κ1) is 15.2. The van der Waals surface area contributed by atoms with Crippen molar-refractivity contribution in [2.75, 3.05) is 0 Å². The van der Waals surface area contributed by atoms with Crippen LogP contribution in [0.1, 0.15) is 60.8 Å². The minimum atomic E-state index is -2.47. The molecule has 0 aliphatic heterocycles. The maximum absolute atomic E-state index is 12.8. The van der Waals surface area contributed by atoms with E-state index in [2.05, 4.69) is 34.6 Å². The van der Waals surface area contributed by atoms with E-state index in [0.717, 1.165) is 19.3 Å². The molecule has 0 aromatic rings. The van der Waals surface area contributed by atoms with E-state index in [0.29, 0.717) is 0 Å². The third-order valence-corrected chi connectivity index (χ3v) is 7.21. The van der Waals surface area contributed by atoms with Crippen molar-refractivity contribution in [1.82, 2.24) is 0 Å². The third-order valence-electron chi connectivity index (χ3n) is 3.33. The van der Waals surface area contributed by atoms with Crippen LogP contribution < -0.4 is 0 Å². The smallest absolute Gasteiger partial charge is 0.208 e. The predicted octanol–water partition coefficient (Wildman–Crippen LogP) is 4.68. The highest BCUT2D eigenvalue weighted by molar-refractivity contribution is 7.60. The standard InChI is InChI=1S/C12H27O2P/c1-7-10(4)14-15(13,11(5)8-2)12(6)9-3/h10-12H,7-9H2,1-6H3. The summed E-state index contributed by atoms with van der Waals surface area (Å²) in [5.41, 5.74) is 0.364. The van der Waals surface area contributed by atoms with Crippen molar-refractivity contribution in [1.29, 1.82) is 0 Å². The first-order valence-electron chi connectivity index (χ1n) is 6.20. The quantitative estimate of drug-likeness (QED) is 0.598. The van der Waals surface area contributed by atoms with Crippen LogP contribution in [0.15, 0.2) is 0 Å². The van der Waals surface area contributed by atoms with Crippen LogP contribution in [0.4, 0.5) is 0 Å². The Morgan fingerprint density at radius 1 is 0.933 bits per heavy atom. The van der Waals surface area contributed by atoms with Gasteiger partial charge in [-0.1, -0.05) is 34.6 Å². The lowest BCUT2D eigenvalue weighted by atomic mass is 10.3. The Kier molecular flexibility index (Phi) is 6.79. The highest BCUT2D eigenvalue weighted by Crippen LogP contribution is 2.59. The third kappa shape index (κ3) is 3.92. The van der Waals surface area contributed by atoms with Gasteiger partial charge in [0.2, 0.25) is 7.37 Å². The molecule has 3 heteroatoms. The average Bonchev–Trinajstić information content (AvgIpc) is 2.25. The van der Waals surface area contributed by atoms with Gasteiger partial charge in [0.1, 0.15) is 0 Å². The second-order valence-electron chi connectivity index (χ2n) is 4.48. The zero-order valence-corrected chi connectivity index (χ0v) is 12.0. The van der Waals surface area contributed by atoms with E-state index >= 15 is 0 Å². The Bertz CT molecular complexity index is 202. The van der Waals surface area contributed by atoms with Crippen LogP contribution in [0.25, 0.3) is 0 Å². The van der Waals surface area contributed by atoms with Gasteiger partial charge >= 0.3 is 0 Å². The van der Waals surface area contributed by atoms with Crippen molar-refractivity contribution in [2.45, 2.75) is 78.2 Å². The summed E-state index contributed by atoms with van der Waals surface area (Å²) in [6.45, 7) is 12.4. The van der Waals surface area contributed by atoms with Gasteiger partial charge in [-0.3, -0.25) is 4.57 Å². The summed E-state index contributed by atoms with van der Waals surface area (Å²) in [7, 11) is -2.47. The van der Waals surface area contributed by atoms with E-state index in [4.69, 9.17) is 4.52 Å². The van der Waals surface area contributed by atoms with Crippen molar-refractivity contribution in [2.24, 2.45) is 0 Å². The van der Waals surface area contributed by atoms with Gasteiger partial charge in [-0.2, -0.15) is 0 Å². The molecule has 0 spiro atoms.